The first-order chi connectivity index (χ1) is 7.54. The molecule has 16 heavy (non-hydrogen) atoms. The van der Waals surface area contributed by atoms with Crippen LogP contribution in [0.15, 0.2) is 27.1 Å². The monoisotopic (exact) mass is 348 g/mol. The lowest BCUT2D eigenvalue weighted by Gasteiger charge is -2.12. The first kappa shape index (κ1) is 13.7. The maximum atomic E-state index is 11.8. The zero-order valence-electron chi connectivity index (χ0n) is 9.18. The number of halogens is 2. The third-order valence-electron chi connectivity index (χ3n) is 2.15. The Kier molecular flexibility index (Phi) is 5.44. The van der Waals surface area contributed by atoms with Gasteiger partial charge in [-0.25, -0.2) is 0 Å². The Morgan fingerprint density at radius 3 is 2.69 bits per heavy atom. The molecule has 0 aliphatic heterocycles. The number of hydrogen-bond donors (Lipinski definition) is 2. The summed E-state index contributed by atoms with van der Waals surface area (Å²) < 4.78 is 1.84. The number of carbonyl (C=O) groups excluding carboxylic acids is 1. The molecule has 0 heterocycles. The summed E-state index contributed by atoms with van der Waals surface area (Å²) in [5.74, 6) is -0.0436. The Bertz CT molecular complexity index is 382. The minimum absolute atomic E-state index is 0.0115. The Hall–Kier alpha value is -0.390. The second-order valence-corrected chi connectivity index (χ2v) is 5.34. The van der Waals surface area contributed by atoms with Crippen LogP contribution in [0.2, 0.25) is 0 Å². The summed E-state index contributed by atoms with van der Waals surface area (Å²) in [7, 11) is 1.83. The van der Waals surface area contributed by atoms with Crippen molar-refractivity contribution in [3.63, 3.8) is 0 Å². The molecular formula is C11H14Br2N2O. The third kappa shape index (κ3) is 3.88. The number of carbonyl (C=O) groups is 1. The molecule has 0 saturated carbocycles. The zero-order valence-corrected chi connectivity index (χ0v) is 12.4. The molecule has 0 aliphatic carbocycles. The van der Waals surface area contributed by atoms with E-state index in [1.807, 2.05) is 32.2 Å². The number of hydrogen-bond acceptors (Lipinski definition) is 2. The van der Waals surface area contributed by atoms with Crippen LogP contribution >= 0.6 is 31.9 Å². The fraction of sp³-hybridized carbons (Fsp3) is 0.364. The van der Waals surface area contributed by atoms with Gasteiger partial charge in [0.05, 0.1) is 5.69 Å². The molecule has 3 nitrogen and oxygen atoms in total. The molecule has 1 aromatic rings. The van der Waals surface area contributed by atoms with Crippen LogP contribution in [0.25, 0.3) is 0 Å². The van der Waals surface area contributed by atoms with E-state index < -0.39 is 0 Å². The minimum atomic E-state index is -0.0550. The number of anilines is 1. The van der Waals surface area contributed by atoms with E-state index in [1.54, 1.807) is 0 Å². The second kappa shape index (κ2) is 6.37. The fourth-order valence-corrected chi connectivity index (χ4v) is 2.39. The van der Waals surface area contributed by atoms with Gasteiger partial charge in [-0.3, -0.25) is 4.79 Å². The summed E-state index contributed by atoms with van der Waals surface area (Å²) in [6, 6.07) is 5.65. The van der Waals surface area contributed by atoms with Crippen molar-refractivity contribution in [2.24, 2.45) is 5.92 Å². The highest BCUT2D eigenvalue weighted by Gasteiger charge is 2.13. The van der Waals surface area contributed by atoms with E-state index in [0.29, 0.717) is 6.54 Å². The molecule has 1 aromatic carbocycles. The van der Waals surface area contributed by atoms with E-state index >= 15 is 0 Å². The van der Waals surface area contributed by atoms with E-state index in [9.17, 15) is 4.79 Å². The van der Waals surface area contributed by atoms with Crippen LogP contribution < -0.4 is 10.6 Å². The topological polar surface area (TPSA) is 41.1 Å². The average Bonchev–Trinajstić information content (AvgIpc) is 2.22. The van der Waals surface area contributed by atoms with Crippen molar-refractivity contribution in [3.05, 3.63) is 27.1 Å². The van der Waals surface area contributed by atoms with Crippen molar-refractivity contribution < 1.29 is 4.79 Å². The van der Waals surface area contributed by atoms with Crippen molar-refractivity contribution in [1.82, 2.24) is 5.32 Å². The van der Waals surface area contributed by atoms with Crippen LogP contribution in [0, 0.1) is 5.92 Å². The predicted octanol–water partition coefficient (Wildman–Crippen LogP) is 3.01. The first-order valence-corrected chi connectivity index (χ1v) is 6.53. The smallest absolute Gasteiger partial charge is 0.228 e. The average molecular weight is 350 g/mol. The number of amides is 1. The maximum Gasteiger partial charge on any atom is 0.228 e. The quantitative estimate of drug-likeness (QED) is 0.877. The summed E-state index contributed by atoms with van der Waals surface area (Å²) >= 11 is 6.77. The van der Waals surface area contributed by atoms with Crippen LogP contribution in [0.5, 0.6) is 0 Å². The molecular weight excluding hydrogens is 336 g/mol. The summed E-state index contributed by atoms with van der Waals surface area (Å²) in [6.07, 6.45) is 0. The molecule has 1 atom stereocenters. The highest BCUT2D eigenvalue weighted by Crippen LogP contribution is 2.26. The van der Waals surface area contributed by atoms with Gasteiger partial charge in [-0.15, -0.1) is 0 Å². The van der Waals surface area contributed by atoms with Crippen molar-refractivity contribution in [2.75, 3.05) is 18.9 Å². The minimum Gasteiger partial charge on any atom is -0.325 e. The van der Waals surface area contributed by atoms with Gasteiger partial charge in [0.25, 0.3) is 0 Å². The van der Waals surface area contributed by atoms with Gasteiger partial charge < -0.3 is 10.6 Å². The lowest BCUT2D eigenvalue weighted by Crippen LogP contribution is -2.28. The number of rotatable bonds is 4. The Morgan fingerprint density at radius 1 is 1.44 bits per heavy atom. The highest BCUT2D eigenvalue weighted by molar-refractivity contribution is 9.11. The largest absolute Gasteiger partial charge is 0.325 e. The van der Waals surface area contributed by atoms with E-state index in [-0.39, 0.29) is 11.8 Å². The summed E-state index contributed by atoms with van der Waals surface area (Å²) in [6.45, 7) is 2.55. The Balaban J connectivity index is 2.69. The van der Waals surface area contributed by atoms with Gasteiger partial charge >= 0.3 is 0 Å². The predicted molar refractivity (Wildman–Crippen MR) is 73.6 cm³/mol. The van der Waals surface area contributed by atoms with Crippen molar-refractivity contribution in [3.8, 4) is 0 Å². The molecule has 2 N–H and O–H groups in total. The first-order valence-electron chi connectivity index (χ1n) is 4.95. The standard InChI is InChI=1S/C11H14Br2N2O/c1-7(6-14-2)11(16)15-10-4-3-8(12)5-9(10)13/h3-5,7,14H,6H2,1-2H3,(H,15,16). The molecule has 0 radical (unpaired) electrons. The summed E-state index contributed by atoms with van der Waals surface area (Å²) in [5.41, 5.74) is 0.788. The van der Waals surface area contributed by atoms with Crippen molar-refractivity contribution in [1.29, 1.82) is 0 Å². The van der Waals surface area contributed by atoms with Crippen LogP contribution in [0.3, 0.4) is 0 Å². The molecule has 1 unspecified atom stereocenters. The SMILES string of the molecule is CNCC(C)C(=O)Nc1ccc(Br)cc1Br. The second-order valence-electron chi connectivity index (χ2n) is 3.57. The van der Waals surface area contributed by atoms with Crippen LogP contribution in [-0.2, 0) is 4.79 Å². The van der Waals surface area contributed by atoms with Gasteiger partial charge in [-0.2, -0.15) is 0 Å². The van der Waals surface area contributed by atoms with E-state index in [4.69, 9.17) is 0 Å². The van der Waals surface area contributed by atoms with Crippen molar-refractivity contribution >= 4 is 43.5 Å². The lowest BCUT2D eigenvalue weighted by atomic mass is 10.1. The van der Waals surface area contributed by atoms with Gasteiger partial charge in [0, 0.05) is 21.4 Å². The van der Waals surface area contributed by atoms with E-state index in [0.717, 1.165) is 14.6 Å². The maximum absolute atomic E-state index is 11.8. The number of nitrogens with one attached hydrogen (secondary N) is 2. The molecule has 0 aliphatic rings. The molecule has 0 spiro atoms. The Labute approximate surface area is 112 Å². The third-order valence-corrected chi connectivity index (χ3v) is 3.30. The van der Waals surface area contributed by atoms with Crippen LogP contribution in [0.4, 0.5) is 5.69 Å². The summed E-state index contributed by atoms with van der Waals surface area (Å²) in [4.78, 5) is 11.8. The lowest BCUT2D eigenvalue weighted by molar-refractivity contribution is -0.119. The van der Waals surface area contributed by atoms with Gasteiger partial charge in [-0.1, -0.05) is 22.9 Å². The molecule has 1 amide bonds. The normalized spacial score (nSPS) is 12.2. The zero-order chi connectivity index (χ0) is 12.1. The molecule has 0 aromatic heterocycles. The molecule has 0 fully saturated rings. The van der Waals surface area contributed by atoms with E-state index in [1.165, 1.54) is 0 Å². The molecule has 0 bridgehead atoms. The van der Waals surface area contributed by atoms with E-state index in [2.05, 4.69) is 42.5 Å². The van der Waals surface area contributed by atoms with Gasteiger partial charge in [0.15, 0.2) is 0 Å². The van der Waals surface area contributed by atoms with Crippen LogP contribution in [0.1, 0.15) is 6.92 Å². The molecule has 5 heteroatoms. The summed E-state index contributed by atoms with van der Waals surface area (Å²) in [5, 5.41) is 5.85. The Morgan fingerprint density at radius 2 is 2.12 bits per heavy atom. The highest BCUT2D eigenvalue weighted by atomic mass is 79.9. The van der Waals surface area contributed by atoms with Crippen molar-refractivity contribution in [2.45, 2.75) is 6.92 Å². The van der Waals surface area contributed by atoms with Gasteiger partial charge in [0.2, 0.25) is 5.91 Å². The molecule has 0 saturated heterocycles. The molecule has 88 valence electrons. The van der Waals surface area contributed by atoms with Gasteiger partial charge in [0.1, 0.15) is 0 Å². The van der Waals surface area contributed by atoms with Crippen LogP contribution in [-0.4, -0.2) is 19.5 Å². The molecule has 1 rings (SSSR count). The van der Waals surface area contributed by atoms with Gasteiger partial charge in [-0.05, 0) is 41.2 Å². The fourth-order valence-electron chi connectivity index (χ4n) is 1.25. The number of benzene rings is 1.